The van der Waals surface area contributed by atoms with Crippen LogP contribution in [0.25, 0.3) is 0 Å². The van der Waals surface area contributed by atoms with E-state index >= 15 is 0 Å². The van der Waals surface area contributed by atoms with Gasteiger partial charge in [-0.3, -0.25) is 9.59 Å². The number of carbonyl (C=O) groups excluding carboxylic acids is 1. The lowest BCUT2D eigenvalue weighted by atomic mass is 9.97. The van der Waals surface area contributed by atoms with Crippen molar-refractivity contribution in [3.05, 3.63) is 12.2 Å². The van der Waals surface area contributed by atoms with E-state index in [2.05, 4.69) is 19.1 Å². The number of esters is 1. The third kappa shape index (κ3) is 27.7. The molecule has 0 amide bonds. The maximum absolute atomic E-state index is 12.0. The first-order chi connectivity index (χ1) is 18.6. The summed E-state index contributed by atoms with van der Waals surface area (Å²) in [6.45, 7) is 4.60. The number of aliphatic carboxylic acids is 1. The normalized spacial score (nSPS) is 12.3. The summed E-state index contributed by atoms with van der Waals surface area (Å²) >= 11 is 0. The number of unbranched alkanes of at least 4 members (excludes halogenated alkanes) is 21. The lowest BCUT2D eigenvalue weighted by Crippen LogP contribution is -2.21. The SMILES string of the molecule is CCCCCCCCCCCCCCCCCCC/C=C/CCCCCCC(CC(=O)O)C(=O)OCCC. The lowest BCUT2D eigenvalue weighted by Gasteiger charge is -2.13. The van der Waals surface area contributed by atoms with Crippen LogP contribution in [0, 0.1) is 5.92 Å². The molecule has 224 valence electrons. The second kappa shape index (κ2) is 30.2. The summed E-state index contributed by atoms with van der Waals surface area (Å²) in [6.07, 6.45) is 36.6. The maximum atomic E-state index is 12.0. The van der Waals surface area contributed by atoms with Gasteiger partial charge in [0.1, 0.15) is 0 Å². The van der Waals surface area contributed by atoms with E-state index in [1.165, 1.54) is 122 Å². The lowest BCUT2D eigenvalue weighted by molar-refractivity contribution is -0.153. The van der Waals surface area contributed by atoms with Crippen LogP contribution >= 0.6 is 0 Å². The molecule has 0 rings (SSSR count). The largest absolute Gasteiger partial charge is 0.481 e. The first kappa shape index (κ1) is 36.7. The van der Waals surface area contributed by atoms with E-state index in [-0.39, 0.29) is 12.4 Å². The summed E-state index contributed by atoms with van der Waals surface area (Å²) in [7, 11) is 0. The average molecular weight is 537 g/mol. The van der Waals surface area contributed by atoms with Crippen LogP contribution in [-0.4, -0.2) is 23.7 Å². The van der Waals surface area contributed by atoms with E-state index in [4.69, 9.17) is 9.84 Å². The molecule has 4 nitrogen and oxygen atoms in total. The van der Waals surface area contributed by atoms with Gasteiger partial charge in [0.15, 0.2) is 0 Å². The molecule has 0 aromatic carbocycles. The zero-order chi connectivity index (χ0) is 27.9. The Morgan fingerprint density at radius 1 is 0.579 bits per heavy atom. The van der Waals surface area contributed by atoms with Crippen molar-refractivity contribution in [1.82, 2.24) is 0 Å². The second-order valence-electron chi connectivity index (χ2n) is 11.4. The van der Waals surface area contributed by atoms with Gasteiger partial charge in [0, 0.05) is 0 Å². The minimum atomic E-state index is -0.923. The molecular weight excluding hydrogens is 472 g/mol. The van der Waals surface area contributed by atoms with Crippen molar-refractivity contribution in [2.24, 2.45) is 5.92 Å². The predicted octanol–water partition coefficient (Wildman–Crippen LogP) is 11.0. The van der Waals surface area contributed by atoms with Crippen LogP contribution in [0.2, 0.25) is 0 Å². The number of ether oxygens (including phenoxy) is 1. The number of hydrogen-bond donors (Lipinski definition) is 1. The van der Waals surface area contributed by atoms with Crippen molar-refractivity contribution in [2.75, 3.05) is 6.61 Å². The minimum absolute atomic E-state index is 0.120. The number of hydrogen-bond acceptors (Lipinski definition) is 3. The summed E-state index contributed by atoms with van der Waals surface area (Å²) in [4.78, 5) is 23.0. The summed E-state index contributed by atoms with van der Waals surface area (Å²) in [6, 6.07) is 0. The van der Waals surface area contributed by atoms with E-state index < -0.39 is 11.9 Å². The Kier molecular flexibility index (Phi) is 29.2. The number of carbonyl (C=O) groups is 2. The Hall–Kier alpha value is -1.32. The van der Waals surface area contributed by atoms with Gasteiger partial charge in [0.05, 0.1) is 18.9 Å². The van der Waals surface area contributed by atoms with Gasteiger partial charge in [0.25, 0.3) is 0 Å². The van der Waals surface area contributed by atoms with Gasteiger partial charge in [-0.15, -0.1) is 0 Å². The Labute approximate surface area is 236 Å². The highest BCUT2D eigenvalue weighted by molar-refractivity contribution is 5.79. The van der Waals surface area contributed by atoms with Gasteiger partial charge in [-0.2, -0.15) is 0 Å². The molecule has 38 heavy (non-hydrogen) atoms. The molecule has 1 unspecified atom stereocenters. The van der Waals surface area contributed by atoms with Crippen LogP contribution in [-0.2, 0) is 14.3 Å². The monoisotopic (exact) mass is 536 g/mol. The molecule has 0 aliphatic rings. The fourth-order valence-corrected chi connectivity index (χ4v) is 5.06. The van der Waals surface area contributed by atoms with Crippen molar-refractivity contribution < 1.29 is 19.4 Å². The summed E-state index contributed by atoms with van der Waals surface area (Å²) < 4.78 is 5.15. The fraction of sp³-hybridized carbons (Fsp3) is 0.882. The Morgan fingerprint density at radius 2 is 0.974 bits per heavy atom. The highest BCUT2D eigenvalue weighted by Crippen LogP contribution is 2.18. The minimum Gasteiger partial charge on any atom is -0.481 e. The van der Waals surface area contributed by atoms with E-state index in [0.717, 1.165) is 32.1 Å². The zero-order valence-corrected chi connectivity index (χ0v) is 25.5. The van der Waals surface area contributed by atoms with Gasteiger partial charge >= 0.3 is 11.9 Å². The van der Waals surface area contributed by atoms with Crippen molar-refractivity contribution in [3.63, 3.8) is 0 Å². The highest BCUT2D eigenvalue weighted by atomic mass is 16.5. The van der Waals surface area contributed by atoms with Crippen LogP contribution in [0.15, 0.2) is 12.2 Å². The van der Waals surface area contributed by atoms with Gasteiger partial charge in [-0.25, -0.2) is 0 Å². The molecule has 0 saturated carbocycles. The molecule has 0 aliphatic heterocycles. The standard InChI is InChI=1S/C34H64O4/c1-3-5-6-7-8-9-10-11-12-13-14-15-16-17-18-19-20-21-22-23-24-25-26-27-28-29-32(31-33(35)36)34(37)38-30-4-2/h22-23,32H,3-21,24-31H2,1-2H3,(H,35,36)/b23-22+. The van der Waals surface area contributed by atoms with E-state index in [0.29, 0.717) is 13.0 Å². The van der Waals surface area contributed by atoms with Crippen LogP contribution in [0.4, 0.5) is 0 Å². The Balaban J connectivity index is 3.39. The summed E-state index contributed by atoms with van der Waals surface area (Å²) in [5.41, 5.74) is 0. The topological polar surface area (TPSA) is 63.6 Å². The number of allylic oxidation sites excluding steroid dienone is 2. The van der Waals surface area contributed by atoms with Crippen molar-refractivity contribution in [1.29, 1.82) is 0 Å². The Morgan fingerprint density at radius 3 is 1.37 bits per heavy atom. The fourth-order valence-electron chi connectivity index (χ4n) is 5.06. The van der Waals surface area contributed by atoms with Crippen molar-refractivity contribution >= 4 is 11.9 Å². The molecule has 0 bridgehead atoms. The van der Waals surface area contributed by atoms with E-state index in [1.54, 1.807) is 0 Å². The van der Waals surface area contributed by atoms with Crippen LogP contribution in [0.3, 0.4) is 0 Å². The predicted molar refractivity (Wildman–Crippen MR) is 163 cm³/mol. The average Bonchev–Trinajstić information content (AvgIpc) is 2.90. The molecule has 0 radical (unpaired) electrons. The molecule has 1 atom stereocenters. The molecule has 0 fully saturated rings. The van der Waals surface area contributed by atoms with Gasteiger partial charge in [-0.05, 0) is 38.5 Å². The van der Waals surface area contributed by atoms with Crippen LogP contribution in [0.5, 0.6) is 0 Å². The van der Waals surface area contributed by atoms with E-state index in [1.807, 2.05) is 6.92 Å². The van der Waals surface area contributed by atoms with Gasteiger partial charge in [-0.1, -0.05) is 148 Å². The van der Waals surface area contributed by atoms with Crippen molar-refractivity contribution in [2.45, 2.75) is 181 Å². The van der Waals surface area contributed by atoms with Gasteiger partial charge in [0.2, 0.25) is 0 Å². The first-order valence-electron chi connectivity index (χ1n) is 16.6. The highest BCUT2D eigenvalue weighted by Gasteiger charge is 2.22. The molecule has 0 aromatic rings. The number of carboxylic acid groups (broad SMARTS) is 1. The molecule has 0 heterocycles. The zero-order valence-electron chi connectivity index (χ0n) is 25.5. The van der Waals surface area contributed by atoms with Gasteiger partial charge < -0.3 is 9.84 Å². The second-order valence-corrected chi connectivity index (χ2v) is 11.4. The van der Waals surface area contributed by atoms with Crippen molar-refractivity contribution in [3.8, 4) is 0 Å². The summed E-state index contributed by atoms with van der Waals surface area (Å²) in [5, 5.41) is 9.04. The molecule has 0 saturated heterocycles. The van der Waals surface area contributed by atoms with E-state index in [9.17, 15) is 9.59 Å². The Bertz CT molecular complexity index is 543. The quantitative estimate of drug-likeness (QED) is 0.0563. The molecule has 0 spiro atoms. The van der Waals surface area contributed by atoms with Crippen LogP contribution in [0.1, 0.15) is 181 Å². The van der Waals surface area contributed by atoms with Crippen LogP contribution < -0.4 is 0 Å². The third-order valence-electron chi connectivity index (χ3n) is 7.52. The molecular formula is C34H64O4. The molecule has 0 aromatic heterocycles. The summed E-state index contributed by atoms with van der Waals surface area (Å²) in [5.74, 6) is -1.77. The third-order valence-corrected chi connectivity index (χ3v) is 7.52. The smallest absolute Gasteiger partial charge is 0.309 e. The molecule has 0 aliphatic carbocycles. The molecule has 4 heteroatoms. The maximum Gasteiger partial charge on any atom is 0.309 e. The molecule has 1 N–H and O–H groups in total. The number of carboxylic acids is 1. The first-order valence-corrected chi connectivity index (χ1v) is 16.6. The number of rotatable bonds is 30.